The Kier molecular flexibility index (Phi) is 7.44. The zero-order chi connectivity index (χ0) is 24.0. The number of nitrogens with one attached hydrogen (secondary N) is 2. The van der Waals surface area contributed by atoms with Crippen LogP contribution >= 0.6 is 0 Å². The standard InChI is InChI=1S/C24H26N2O6S/c1-16-7-5-6-8-22(16)32-17(2)24(27)25-18-9-12-20(13-10-18)33(28,29)26-21-15-19(30-3)11-14-23(21)31-4/h5-15,17,26H,1-4H3,(H,25,27)/t17-/m0/s1. The molecule has 9 heteroatoms. The van der Waals surface area contributed by atoms with Crippen LogP contribution in [0.1, 0.15) is 12.5 Å². The largest absolute Gasteiger partial charge is 0.497 e. The van der Waals surface area contributed by atoms with Crippen LogP contribution in [0, 0.1) is 6.92 Å². The van der Waals surface area contributed by atoms with Crippen LogP contribution in [0.4, 0.5) is 11.4 Å². The average molecular weight is 471 g/mol. The fraction of sp³-hybridized carbons (Fsp3) is 0.208. The molecule has 0 fully saturated rings. The van der Waals surface area contributed by atoms with Gasteiger partial charge in [0.2, 0.25) is 0 Å². The molecule has 1 atom stereocenters. The third-order valence-electron chi connectivity index (χ3n) is 4.85. The van der Waals surface area contributed by atoms with Crippen LogP contribution in [0.25, 0.3) is 0 Å². The van der Waals surface area contributed by atoms with Gasteiger partial charge in [-0.25, -0.2) is 8.42 Å². The number of rotatable bonds is 9. The molecule has 0 aliphatic heterocycles. The van der Waals surface area contributed by atoms with E-state index in [-0.39, 0.29) is 16.5 Å². The Labute approximate surface area is 193 Å². The minimum atomic E-state index is -3.90. The number of carbonyl (C=O) groups is 1. The van der Waals surface area contributed by atoms with Crippen LogP contribution in [0.5, 0.6) is 17.2 Å². The smallest absolute Gasteiger partial charge is 0.265 e. The van der Waals surface area contributed by atoms with E-state index in [0.29, 0.717) is 22.9 Å². The van der Waals surface area contributed by atoms with Crippen molar-refractivity contribution in [1.82, 2.24) is 0 Å². The van der Waals surface area contributed by atoms with Crippen molar-refractivity contribution in [3.05, 3.63) is 72.3 Å². The number of sulfonamides is 1. The van der Waals surface area contributed by atoms with Crippen LogP contribution in [-0.4, -0.2) is 34.6 Å². The first-order valence-electron chi connectivity index (χ1n) is 10.1. The number of amides is 1. The van der Waals surface area contributed by atoms with Gasteiger partial charge in [0, 0.05) is 11.8 Å². The van der Waals surface area contributed by atoms with Gasteiger partial charge in [-0.15, -0.1) is 0 Å². The second-order valence-electron chi connectivity index (χ2n) is 7.21. The quantitative estimate of drug-likeness (QED) is 0.485. The third-order valence-corrected chi connectivity index (χ3v) is 6.23. The molecule has 0 spiro atoms. The van der Waals surface area contributed by atoms with E-state index >= 15 is 0 Å². The number of hydrogen-bond donors (Lipinski definition) is 2. The van der Waals surface area contributed by atoms with E-state index in [1.807, 2.05) is 25.1 Å². The SMILES string of the molecule is COc1ccc(OC)c(NS(=O)(=O)c2ccc(NC(=O)[C@H](C)Oc3ccccc3C)cc2)c1. The highest BCUT2D eigenvalue weighted by Gasteiger charge is 2.19. The van der Waals surface area contributed by atoms with Crippen LogP contribution < -0.4 is 24.2 Å². The highest BCUT2D eigenvalue weighted by atomic mass is 32.2. The van der Waals surface area contributed by atoms with Gasteiger partial charge in [-0.3, -0.25) is 9.52 Å². The first-order valence-corrected chi connectivity index (χ1v) is 11.6. The molecule has 0 unspecified atom stereocenters. The van der Waals surface area contributed by atoms with E-state index in [2.05, 4.69) is 10.0 Å². The summed E-state index contributed by atoms with van der Waals surface area (Å²) in [6, 6.07) is 18.0. The number of hydrogen-bond acceptors (Lipinski definition) is 6. The Balaban J connectivity index is 1.69. The molecule has 8 nitrogen and oxygen atoms in total. The van der Waals surface area contributed by atoms with E-state index in [4.69, 9.17) is 14.2 Å². The maximum atomic E-state index is 12.8. The number of para-hydroxylation sites is 1. The van der Waals surface area contributed by atoms with Gasteiger partial charge in [-0.2, -0.15) is 0 Å². The third kappa shape index (κ3) is 5.95. The van der Waals surface area contributed by atoms with E-state index < -0.39 is 16.1 Å². The first kappa shape index (κ1) is 23.9. The van der Waals surface area contributed by atoms with Crippen molar-refractivity contribution in [1.29, 1.82) is 0 Å². The van der Waals surface area contributed by atoms with Gasteiger partial charge in [0.15, 0.2) is 6.10 Å². The molecule has 0 aliphatic rings. The number of aryl methyl sites for hydroxylation is 1. The van der Waals surface area contributed by atoms with Crippen molar-refractivity contribution in [2.45, 2.75) is 24.8 Å². The first-order chi connectivity index (χ1) is 15.7. The minimum Gasteiger partial charge on any atom is -0.497 e. The predicted molar refractivity (Wildman–Crippen MR) is 127 cm³/mol. The van der Waals surface area contributed by atoms with Gasteiger partial charge >= 0.3 is 0 Å². The lowest BCUT2D eigenvalue weighted by Crippen LogP contribution is -2.30. The lowest BCUT2D eigenvalue weighted by Gasteiger charge is -2.16. The number of carbonyl (C=O) groups excluding carboxylic acids is 1. The van der Waals surface area contributed by atoms with Crippen LogP contribution in [-0.2, 0) is 14.8 Å². The molecule has 3 aromatic rings. The molecule has 3 aromatic carbocycles. The Morgan fingerprint density at radius 2 is 1.61 bits per heavy atom. The molecular weight excluding hydrogens is 444 g/mol. The van der Waals surface area contributed by atoms with Gasteiger partial charge in [-0.05, 0) is 61.9 Å². The molecule has 0 heterocycles. The number of benzene rings is 3. The van der Waals surface area contributed by atoms with E-state index in [9.17, 15) is 13.2 Å². The zero-order valence-electron chi connectivity index (χ0n) is 18.8. The summed E-state index contributed by atoms with van der Waals surface area (Å²) in [5.74, 6) is 1.10. The van der Waals surface area contributed by atoms with E-state index in [1.165, 1.54) is 44.6 Å². The van der Waals surface area contributed by atoms with Crippen molar-refractivity contribution < 1.29 is 27.4 Å². The number of ether oxygens (including phenoxy) is 3. The molecule has 2 N–H and O–H groups in total. The lowest BCUT2D eigenvalue weighted by molar-refractivity contribution is -0.122. The fourth-order valence-corrected chi connectivity index (χ4v) is 4.05. The summed E-state index contributed by atoms with van der Waals surface area (Å²) in [6.07, 6.45) is -0.739. The summed E-state index contributed by atoms with van der Waals surface area (Å²) in [5, 5.41) is 2.73. The molecule has 1 amide bonds. The Hall–Kier alpha value is -3.72. The average Bonchev–Trinajstić information content (AvgIpc) is 2.80. The summed E-state index contributed by atoms with van der Waals surface area (Å²) in [6.45, 7) is 3.54. The fourth-order valence-electron chi connectivity index (χ4n) is 2.99. The van der Waals surface area contributed by atoms with Gasteiger partial charge in [0.05, 0.1) is 24.8 Å². The highest BCUT2D eigenvalue weighted by Crippen LogP contribution is 2.31. The summed E-state index contributed by atoms with van der Waals surface area (Å²) < 4.78 is 44.3. The molecule has 174 valence electrons. The van der Waals surface area contributed by atoms with Crippen LogP contribution in [0.3, 0.4) is 0 Å². The van der Waals surface area contributed by atoms with Crippen molar-refractivity contribution in [3.8, 4) is 17.2 Å². The monoisotopic (exact) mass is 470 g/mol. The van der Waals surface area contributed by atoms with Crippen molar-refractivity contribution in [3.63, 3.8) is 0 Å². The maximum absolute atomic E-state index is 12.8. The summed E-state index contributed by atoms with van der Waals surface area (Å²) in [7, 11) is -0.969. The van der Waals surface area contributed by atoms with Gasteiger partial charge in [-0.1, -0.05) is 18.2 Å². The van der Waals surface area contributed by atoms with Crippen LogP contribution in [0.15, 0.2) is 71.6 Å². The van der Waals surface area contributed by atoms with Gasteiger partial charge in [0.1, 0.15) is 17.2 Å². The second kappa shape index (κ2) is 10.3. The highest BCUT2D eigenvalue weighted by molar-refractivity contribution is 7.92. The molecule has 0 radical (unpaired) electrons. The molecule has 0 aromatic heterocycles. The van der Waals surface area contributed by atoms with Gasteiger partial charge in [0.25, 0.3) is 15.9 Å². The van der Waals surface area contributed by atoms with E-state index in [1.54, 1.807) is 25.1 Å². The minimum absolute atomic E-state index is 0.0228. The topological polar surface area (TPSA) is 103 Å². The number of anilines is 2. The molecule has 0 saturated heterocycles. The van der Waals surface area contributed by atoms with Crippen molar-refractivity contribution in [2.24, 2.45) is 0 Å². The molecule has 0 bridgehead atoms. The zero-order valence-corrected chi connectivity index (χ0v) is 19.6. The number of methoxy groups -OCH3 is 2. The van der Waals surface area contributed by atoms with Crippen molar-refractivity contribution >= 4 is 27.3 Å². The summed E-state index contributed by atoms with van der Waals surface area (Å²) >= 11 is 0. The molecule has 0 aliphatic carbocycles. The Bertz CT molecular complexity index is 1230. The summed E-state index contributed by atoms with van der Waals surface area (Å²) in [4.78, 5) is 12.5. The molecule has 0 saturated carbocycles. The summed E-state index contributed by atoms with van der Waals surface area (Å²) in [5.41, 5.74) is 1.61. The Morgan fingerprint density at radius 3 is 2.24 bits per heavy atom. The Morgan fingerprint density at radius 1 is 0.909 bits per heavy atom. The molecule has 3 rings (SSSR count). The maximum Gasteiger partial charge on any atom is 0.265 e. The molecule has 33 heavy (non-hydrogen) atoms. The second-order valence-corrected chi connectivity index (χ2v) is 8.89. The van der Waals surface area contributed by atoms with Gasteiger partial charge < -0.3 is 19.5 Å². The lowest BCUT2D eigenvalue weighted by atomic mass is 10.2. The van der Waals surface area contributed by atoms with E-state index in [0.717, 1.165) is 5.56 Å². The normalized spacial score (nSPS) is 11.9. The van der Waals surface area contributed by atoms with Crippen molar-refractivity contribution in [2.75, 3.05) is 24.3 Å². The molecular formula is C24H26N2O6S. The predicted octanol–water partition coefficient (Wildman–Crippen LogP) is 4.22. The van der Waals surface area contributed by atoms with Crippen LogP contribution in [0.2, 0.25) is 0 Å².